The smallest absolute Gasteiger partial charge is 0.410 e. The van der Waals surface area contributed by atoms with E-state index in [0.29, 0.717) is 19.5 Å². The summed E-state index contributed by atoms with van der Waals surface area (Å²) in [5.74, 6) is -0.0456. The molecule has 2 aliphatic heterocycles. The molecule has 2 amide bonds. The van der Waals surface area contributed by atoms with Crippen molar-refractivity contribution in [2.45, 2.75) is 64.3 Å². The highest BCUT2D eigenvalue weighted by molar-refractivity contribution is 5.85. The van der Waals surface area contributed by atoms with Gasteiger partial charge in [-0.05, 0) is 56.9 Å². The van der Waals surface area contributed by atoms with Gasteiger partial charge in [-0.1, -0.05) is 42.5 Å². The van der Waals surface area contributed by atoms with Crippen LogP contribution in [0.1, 0.15) is 49.8 Å². The number of hydrogen-bond acceptors (Lipinski definition) is 4. The molecule has 0 radical (unpaired) electrons. The second-order valence-corrected chi connectivity index (χ2v) is 10.6. The van der Waals surface area contributed by atoms with Gasteiger partial charge in [0.15, 0.2) is 0 Å². The van der Waals surface area contributed by atoms with Crippen molar-refractivity contribution in [1.29, 1.82) is 0 Å². The highest BCUT2D eigenvalue weighted by Crippen LogP contribution is 2.43. The predicted molar refractivity (Wildman–Crippen MR) is 134 cm³/mol. The van der Waals surface area contributed by atoms with Gasteiger partial charge in [-0.15, -0.1) is 0 Å². The molecule has 0 aliphatic carbocycles. The third-order valence-electron chi connectivity index (χ3n) is 6.96. The van der Waals surface area contributed by atoms with Crippen LogP contribution in [0, 0.1) is 6.92 Å². The maximum atomic E-state index is 13.3. The van der Waals surface area contributed by atoms with E-state index in [0.717, 1.165) is 22.0 Å². The van der Waals surface area contributed by atoms with Crippen molar-refractivity contribution in [1.82, 2.24) is 14.8 Å². The molecule has 7 nitrogen and oxygen atoms in total. The van der Waals surface area contributed by atoms with Gasteiger partial charge in [0, 0.05) is 36.1 Å². The van der Waals surface area contributed by atoms with Crippen LogP contribution in [0.15, 0.2) is 54.7 Å². The van der Waals surface area contributed by atoms with E-state index < -0.39 is 5.60 Å². The van der Waals surface area contributed by atoms with Gasteiger partial charge in [-0.25, -0.2) is 9.59 Å². The van der Waals surface area contributed by atoms with Gasteiger partial charge in [0.25, 0.3) is 0 Å². The molecule has 2 fully saturated rings. The molecule has 0 spiro atoms. The Hall–Kier alpha value is -3.48. The zero-order chi connectivity index (χ0) is 24.7. The summed E-state index contributed by atoms with van der Waals surface area (Å²) in [4.78, 5) is 33.4. The Morgan fingerprint density at radius 1 is 1.06 bits per heavy atom. The standard InChI is InChI=1S/C28H33N3O4/c1-18-10-11-20-21(15-29-23(20)14-18)22-16-31(26(32)34-17-19-8-6-5-7-9-19)24-12-13-30(25(22)24)27(33)35-28(2,3)4/h5-11,14-15,22,24-25,29H,12-13,16-17H2,1-4H3. The molecule has 0 saturated carbocycles. The molecule has 5 rings (SSSR count). The second kappa shape index (κ2) is 8.95. The van der Waals surface area contributed by atoms with Gasteiger partial charge in [-0.3, -0.25) is 0 Å². The number of nitrogens with zero attached hydrogens (tertiary/aromatic N) is 2. The average molecular weight is 476 g/mol. The van der Waals surface area contributed by atoms with Gasteiger partial charge < -0.3 is 24.3 Å². The van der Waals surface area contributed by atoms with E-state index in [1.54, 1.807) is 0 Å². The number of aromatic amines is 1. The molecule has 0 bridgehead atoms. The number of amides is 2. The lowest BCUT2D eigenvalue weighted by molar-refractivity contribution is 0.0209. The molecule has 3 heterocycles. The van der Waals surface area contributed by atoms with Crippen LogP contribution in [-0.4, -0.2) is 57.7 Å². The van der Waals surface area contributed by atoms with Crippen LogP contribution in [-0.2, 0) is 16.1 Å². The van der Waals surface area contributed by atoms with Crippen molar-refractivity contribution in [3.05, 3.63) is 71.4 Å². The molecular formula is C28H33N3O4. The molecule has 2 saturated heterocycles. The largest absolute Gasteiger partial charge is 0.445 e. The molecule has 184 valence electrons. The number of hydrogen-bond donors (Lipinski definition) is 1. The normalized spacial score (nSPS) is 21.9. The number of H-pyrrole nitrogens is 1. The van der Waals surface area contributed by atoms with Crippen LogP contribution in [0.25, 0.3) is 10.9 Å². The minimum atomic E-state index is -0.587. The topological polar surface area (TPSA) is 74.9 Å². The Morgan fingerprint density at radius 2 is 1.83 bits per heavy atom. The minimum absolute atomic E-state index is 0.0456. The fraction of sp³-hybridized carbons (Fsp3) is 0.429. The number of likely N-dealkylation sites (tertiary alicyclic amines) is 2. The van der Waals surface area contributed by atoms with Crippen molar-refractivity contribution in [2.24, 2.45) is 0 Å². The lowest BCUT2D eigenvalue weighted by Crippen LogP contribution is -2.44. The van der Waals surface area contributed by atoms with Crippen LogP contribution in [0.5, 0.6) is 0 Å². The van der Waals surface area contributed by atoms with Gasteiger partial charge in [0.1, 0.15) is 12.2 Å². The van der Waals surface area contributed by atoms with Crippen molar-refractivity contribution >= 4 is 23.1 Å². The maximum absolute atomic E-state index is 13.3. The molecule has 35 heavy (non-hydrogen) atoms. The Labute approximate surface area is 206 Å². The lowest BCUT2D eigenvalue weighted by Gasteiger charge is -2.31. The first kappa shape index (κ1) is 23.3. The summed E-state index contributed by atoms with van der Waals surface area (Å²) in [6, 6.07) is 15.7. The van der Waals surface area contributed by atoms with E-state index in [1.807, 2.05) is 67.1 Å². The van der Waals surface area contributed by atoms with E-state index in [4.69, 9.17) is 9.47 Å². The number of carbonyl (C=O) groups is 2. The molecular weight excluding hydrogens is 442 g/mol. The zero-order valence-corrected chi connectivity index (χ0v) is 20.8. The Bertz CT molecular complexity index is 1230. The Kier molecular flexibility index (Phi) is 5.95. The van der Waals surface area contributed by atoms with Gasteiger partial charge >= 0.3 is 12.2 Å². The molecule has 3 unspecified atom stereocenters. The summed E-state index contributed by atoms with van der Waals surface area (Å²) in [6.07, 6.45) is 2.05. The van der Waals surface area contributed by atoms with Crippen LogP contribution in [0.2, 0.25) is 0 Å². The maximum Gasteiger partial charge on any atom is 0.410 e. The van der Waals surface area contributed by atoms with Gasteiger partial charge in [0.05, 0.1) is 12.1 Å². The van der Waals surface area contributed by atoms with Gasteiger partial charge in [0.2, 0.25) is 0 Å². The first-order valence-corrected chi connectivity index (χ1v) is 12.3. The fourth-order valence-electron chi connectivity index (χ4n) is 5.48. The predicted octanol–water partition coefficient (Wildman–Crippen LogP) is 5.59. The SMILES string of the molecule is Cc1ccc2c(C3CN(C(=O)OCc4ccccc4)C4CCN(C(=O)OC(C)(C)C)C34)c[nH]c2c1. The van der Waals surface area contributed by atoms with Crippen molar-refractivity contribution in [2.75, 3.05) is 13.1 Å². The first-order chi connectivity index (χ1) is 16.7. The van der Waals surface area contributed by atoms with Crippen LogP contribution >= 0.6 is 0 Å². The van der Waals surface area contributed by atoms with Crippen LogP contribution in [0.3, 0.4) is 0 Å². The summed E-state index contributed by atoms with van der Waals surface area (Å²) >= 11 is 0. The van der Waals surface area contributed by atoms with E-state index in [1.165, 1.54) is 5.56 Å². The molecule has 2 aliphatic rings. The molecule has 3 atom stereocenters. The second-order valence-electron chi connectivity index (χ2n) is 10.6. The minimum Gasteiger partial charge on any atom is -0.445 e. The van der Waals surface area contributed by atoms with Crippen molar-refractivity contribution in [3.63, 3.8) is 0 Å². The quantitative estimate of drug-likeness (QED) is 0.536. The van der Waals surface area contributed by atoms with Crippen LogP contribution < -0.4 is 0 Å². The van der Waals surface area contributed by atoms with E-state index >= 15 is 0 Å². The molecule has 3 aromatic rings. The monoisotopic (exact) mass is 475 g/mol. The zero-order valence-electron chi connectivity index (χ0n) is 20.8. The highest BCUT2D eigenvalue weighted by atomic mass is 16.6. The third-order valence-corrected chi connectivity index (χ3v) is 6.96. The van der Waals surface area contributed by atoms with E-state index in [-0.39, 0.29) is 36.8 Å². The summed E-state index contributed by atoms with van der Waals surface area (Å²) in [6.45, 7) is 8.95. The number of fused-ring (bicyclic) bond motifs is 2. The first-order valence-electron chi connectivity index (χ1n) is 12.3. The third kappa shape index (κ3) is 4.59. The number of carbonyl (C=O) groups excluding carboxylic acids is 2. The number of nitrogens with one attached hydrogen (secondary N) is 1. The number of ether oxygens (including phenoxy) is 2. The van der Waals surface area contributed by atoms with Crippen molar-refractivity contribution in [3.8, 4) is 0 Å². The Morgan fingerprint density at radius 3 is 2.57 bits per heavy atom. The molecule has 1 aromatic heterocycles. The van der Waals surface area contributed by atoms with Gasteiger partial charge in [-0.2, -0.15) is 0 Å². The number of aromatic nitrogens is 1. The number of rotatable bonds is 3. The molecule has 1 N–H and O–H groups in total. The van der Waals surface area contributed by atoms with E-state index in [2.05, 4.69) is 30.1 Å². The van der Waals surface area contributed by atoms with Crippen LogP contribution in [0.4, 0.5) is 9.59 Å². The number of benzene rings is 2. The summed E-state index contributed by atoms with van der Waals surface area (Å²) in [5, 5.41) is 1.12. The van der Waals surface area contributed by atoms with Crippen molar-refractivity contribution < 1.29 is 19.1 Å². The highest BCUT2D eigenvalue weighted by Gasteiger charge is 2.53. The summed E-state index contributed by atoms with van der Waals surface area (Å²) in [5.41, 5.74) is 3.71. The molecule has 7 heteroatoms. The fourth-order valence-corrected chi connectivity index (χ4v) is 5.48. The van der Waals surface area contributed by atoms with E-state index in [9.17, 15) is 9.59 Å². The lowest BCUT2D eigenvalue weighted by atomic mass is 9.91. The number of aryl methyl sites for hydroxylation is 1. The molecule has 2 aromatic carbocycles. The summed E-state index contributed by atoms with van der Waals surface area (Å²) < 4.78 is 11.5. The summed E-state index contributed by atoms with van der Waals surface area (Å²) in [7, 11) is 0. The average Bonchev–Trinajstić information content (AvgIpc) is 3.50. The Balaban J connectivity index is 1.44.